The summed E-state index contributed by atoms with van der Waals surface area (Å²) in [5, 5.41) is 2.67. The van der Waals surface area contributed by atoms with E-state index < -0.39 is 0 Å². The molecule has 0 atom stereocenters. The molecular formula is C17H25N3O3. The average Bonchev–Trinajstić information content (AvgIpc) is 2.58. The van der Waals surface area contributed by atoms with Crippen molar-refractivity contribution in [3.05, 3.63) is 29.8 Å². The van der Waals surface area contributed by atoms with Crippen molar-refractivity contribution in [2.75, 3.05) is 58.4 Å². The molecule has 1 aromatic rings. The summed E-state index contributed by atoms with van der Waals surface area (Å²) in [6.45, 7) is 3.93. The Labute approximate surface area is 137 Å². The number of amides is 1. The summed E-state index contributed by atoms with van der Waals surface area (Å²) in [6, 6.07) is 7.54. The van der Waals surface area contributed by atoms with E-state index in [0.29, 0.717) is 18.5 Å². The second-order valence-corrected chi connectivity index (χ2v) is 5.90. The van der Waals surface area contributed by atoms with Crippen LogP contribution in [0.15, 0.2) is 24.3 Å². The number of nitrogens with one attached hydrogen (secondary N) is 1. The lowest BCUT2D eigenvalue weighted by Gasteiger charge is -2.28. The smallest absolute Gasteiger partial charge is 0.221 e. The zero-order valence-corrected chi connectivity index (χ0v) is 13.9. The number of Topliss-reactive ketones (excluding diaryl/α,β-unsaturated/α-hetero) is 1. The van der Waals surface area contributed by atoms with Crippen molar-refractivity contribution >= 4 is 17.4 Å². The summed E-state index contributed by atoms with van der Waals surface area (Å²) < 4.78 is 5.33. The molecule has 6 heteroatoms. The number of rotatable bonds is 7. The minimum atomic E-state index is -0.100. The maximum absolute atomic E-state index is 12.1. The minimum Gasteiger partial charge on any atom is -0.378 e. The van der Waals surface area contributed by atoms with Crippen molar-refractivity contribution in [1.29, 1.82) is 0 Å². The number of morpholine rings is 1. The minimum absolute atomic E-state index is 0.0448. The third-order valence-corrected chi connectivity index (χ3v) is 3.80. The Morgan fingerprint density at radius 1 is 1.17 bits per heavy atom. The van der Waals surface area contributed by atoms with E-state index >= 15 is 0 Å². The molecule has 0 spiro atoms. The molecule has 0 aliphatic carbocycles. The van der Waals surface area contributed by atoms with Crippen LogP contribution >= 0.6 is 0 Å². The van der Waals surface area contributed by atoms with Gasteiger partial charge in [-0.15, -0.1) is 0 Å². The number of hydrogen-bond donors (Lipinski definition) is 1. The van der Waals surface area contributed by atoms with Crippen molar-refractivity contribution in [3.63, 3.8) is 0 Å². The number of ether oxygens (including phenoxy) is 1. The molecule has 1 fully saturated rings. The standard InChI is InChI=1S/C17H25N3O3/c1-19(2)8-7-17(22)18-13-16(21)14-3-5-15(6-4-14)20-9-11-23-12-10-20/h3-6H,7-13H2,1-2H3,(H,18,22). The fourth-order valence-electron chi connectivity index (χ4n) is 2.37. The maximum Gasteiger partial charge on any atom is 0.221 e. The van der Waals surface area contributed by atoms with Crippen LogP contribution < -0.4 is 10.2 Å². The first-order chi connectivity index (χ1) is 11.1. The van der Waals surface area contributed by atoms with Gasteiger partial charge in [0.1, 0.15) is 0 Å². The second kappa shape index (κ2) is 8.64. The van der Waals surface area contributed by atoms with E-state index in [0.717, 1.165) is 32.0 Å². The highest BCUT2D eigenvalue weighted by molar-refractivity contribution is 5.99. The molecule has 1 heterocycles. The van der Waals surface area contributed by atoms with Crippen LogP contribution in [0.4, 0.5) is 5.69 Å². The Morgan fingerprint density at radius 3 is 2.43 bits per heavy atom. The Balaban J connectivity index is 1.81. The number of ketones is 1. The molecule has 1 aliphatic heterocycles. The van der Waals surface area contributed by atoms with Gasteiger partial charge in [0.2, 0.25) is 5.91 Å². The quantitative estimate of drug-likeness (QED) is 0.752. The van der Waals surface area contributed by atoms with E-state index in [-0.39, 0.29) is 18.2 Å². The number of anilines is 1. The summed E-state index contributed by atoms with van der Waals surface area (Å²) in [6.07, 6.45) is 0.399. The van der Waals surface area contributed by atoms with Gasteiger partial charge >= 0.3 is 0 Å². The molecular weight excluding hydrogens is 294 g/mol. The highest BCUT2D eigenvalue weighted by Crippen LogP contribution is 2.16. The Bertz CT molecular complexity index is 522. The summed E-state index contributed by atoms with van der Waals surface area (Å²) in [5.41, 5.74) is 1.72. The molecule has 23 heavy (non-hydrogen) atoms. The first-order valence-electron chi connectivity index (χ1n) is 7.93. The van der Waals surface area contributed by atoms with Gasteiger partial charge in [-0.2, -0.15) is 0 Å². The van der Waals surface area contributed by atoms with E-state index in [1.807, 2.05) is 43.3 Å². The average molecular weight is 319 g/mol. The predicted molar refractivity (Wildman–Crippen MR) is 90.0 cm³/mol. The zero-order chi connectivity index (χ0) is 16.7. The molecule has 1 aromatic carbocycles. The van der Waals surface area contributed by atoms with Gasteiger partial charge in [-0.3, -0.25) is 9.59 Å². The molecule has 1 aliphatic rings. The summed E-state index contributed by atoms with van der Waals surface area (Å²) in [5.74, 6) is -0.172. The van der Waals surface area contributed by atoms with E-state index in [1.165, 1.54) is 0 Å². The fourth-order valence-corrected chi connectivity index (χ4v) is 2.37. The molecule has 0 radical (unpaired) electrons. The summed E-state index contributed by atoms with van der Waals surface area (Å²) in [4.78, 5) is 27.9. The maximum atomic E-state index is 12.1. The summed E-state index contributed by atoms with van der Waals surface area (Å²) >= 11 is 0. The zero-order valence-electron chi connectivity index (χ0n) is 13.9. The van der Waals surface area contributed by atoms with Crippen molar-refractivity contribution < 1.29 is 14.3 Å². The summed E-state index contributed by atoms with van der Waals surface area (Å²) in [7, 11) is 3.82. The van der Waals surface area contributed by atoms with Crippen molar-refractivity contribution in [1.82, 2.24) is 10.2 Å². The van der Waals surface area contributed by atoms with Crippen LogP contribution in [0.2, 0.25) is 0 Å². The second-order valence-electron chi connectivity index (χ2n) is 5.90. The monoisotopic (exact) mass is 319 g/mol. The highest BCUT2D eigenvalue weighted by Gasteiger charge is 2.13. The van der Waals surface area contributed by atoms with E-state index in [2.05, 4.69) is 10.2 Å². The Morgan fingerprint density at radius 2 is 1.83 bits per heavy atom. The molecule has 2 rings (SSSR count). The third-order valence-electron chi connectivity index (χ3n) is 3.80. The number of benzene rings is 1. The van der Waals surface area contributed by atoms with Crippen LogP contribution in [0.5, 0.6) is 0 Å². The highest BCUT2D eigenvalue weighted by atomic mass is 16.5. The largest absolute Gasteiger partial charge is 0.378 e. The van der Waals surface area contributed by atoms with Gasteiger partial charge in [0.25, 0.3) is 0 Å². The third kappa shape index (κ3) is 5.65. The van der Waals surface area contributed by atoms with Crippen molar-refractivity contribution in [3.8, 4) is 0 Å². The molecule has 0 unspecified atom stereocenters. The topological polar surface area (TPSA) is 61.9 Å². The Hall–Kier alpha value is -1.92. The lowest BCUT2D eigenvalue weighted by molar-refractivity contribution is -0.121. The van der Waals surface area contributed by atoms with Crippen LogP contribution in [0.3, 0.4) is 0 Å². The van der Waals surface area contributed by atoms with Gasteiger partial charge in [-0.05, 0) is 38.4 Å². The normalized spacial score (nSPS) is 14.8. The molecule has 0 bridgehead atoms. The number of carbonyl (C=O) groups is 2. The number of nitrogens with zero attached hydrogens (tertiary/aromatic N) is 2. The molecule has 0 saturated carbocycles. The van der Waals surface area contributed by atoms with E-state index in [4.69, 9.17) is 4.74 Å². The Kier molecular flexibility index (Phi) is 6.55. The van der Waals surface area contributed by atoms with Gasteiger partial charge in [0.15, 0.2) is 5.78 Å². The van der Waals surface area contributed by atoms with Crippen molar-refractivity contribution in [2.24, 2.45) is 0 Å². The van der Waals surface area contributed by atoms with E-state index in [9.17, 15) is 9.59 Å². The predicted octanol–water partition coefficient (Wildman–Crippen LogP) is 0.774. The SMILES string of the molecule is CN(C)CCC(=O)NCC(=O)c1ccc(N2CCOCC2)cc1. The fraction of sp³-hybridized carbons (Fsp3) is 0.529. The molecule has 6 nitrogen and oxygen atoms in total. The first-order valence-corrected chi connectivity index (χ1v) is 7.93. The van der Waals surface area contributed by atoms with Crippen molar-refractivity contribution in [2.45, 2.75) is 6.42 Å². The van der Waals surface area contributed by atoms with E-state index in [1.54, 1.807) is 0 Å². The van der Waals surface area contributed by atoms with Gasteiger partial charge in [0.05, 0.1) is 19.8 Å². The number of carbonyl (C=O) groups excluding carboxylic acids is 2. The lowest BCUT2D eigenvalue weighted by atomic mass is 10.1. The van der Waals surface area contributed by atoms with Gasteiger partial charge < -0.3 is 19.9 Å². The van der Waals surface area contributed by atoms with Gasteiger partial charge in [0, 0.05) is 37.3 Å². The molecule has 126 valence electrons. The van der Waals surface area contributed by atoms with Crippen LogP contribution in [0, 0.1) is 0 Å². The van der Waals surface area contributed by atoms with Crippen LogP contribution in [-0.2, 0) is 9.53 Å². The van der Waals surface area contributed by atoms with Gasteiger partial charge in [-0.1, -0.05) is 0 Å². The van der Waals surface area contributed by atoms with Crippen LogP contribution in [0.1, 0.15) is 16.8 Å². The van der Waals surface area contributed by atoms with Gasteiger partial charge in [-0.25, -0.2) is 0 Å². The lowest BCUT2D eigenvalue weighted by Crippen LogP contribution is -2.36. The molecule has 0 aromatic heterocycles. The van der Waals surface area contributed by atoms with Crippen LogP contribution in [-0.4, -0.2) is 70.1 Å². The molecule has 1 saturated heterocycles. The molecule has 1 amide bonds. The first kappa shape index (κ1) is 17.4. The number of hydrogen-bond acceptors (Lipinski definition) is 5. The van der Waals surface area contributed by atoms with Crippen LogP contribution in [0.25, 0.3) is 0 Å². The molecule has 1 N–H and O–H groups in total.